The third-order valence-electron chi connectivity index (χ3n) is 6.98. The molecule has 202 valence electrons. The number of sulfonamides is 1. The molecule has 0 spiro atoms. The predicted molar refractivity (Wildman–Crippen MR) is 146 cm³/mol. The van der Waals surface area contributed by atoms with Gasteiger partial charge in [0.05, 0.1) is 19.1 Å². The van der Waals surface area contributed by atoms with Gasteiger partial charge in [-0.25, -0.2) is 8.42 Å². The summed E-state index contributed by atoms with van der Waals surface area (Å²) in [6.07, 6.45) is 6.70. The molecular formula is C28H39N3O5S. The van der Waals surface area contributed by atoms with Gasteiger partial charge in [0.1, 0.15) is 18.3 Å². The van der Waals surface area contributed by atoms with Gasteiger partial charge in [0.25, 0.3) is 0 Å². The van der Waals surface area contributed by atoms with Crippen molar-refractivity contribution in [3.05, 3.63) is 59.7 Å². The van der Waals surface area contributed by atoms with Crippen LogP contribution >= 0.6 is 0 Å². The first-order valence-corrected chi connectivity index (χ1v) is 14.7. The molecular weight excluding hydrogens is 490 g/mol. The number of hydrogen-bond acceptors (Lipinski definition) is 5. The topological polar surface area (TPSA) is 96.0 Å². The monoisotopic (exact) mass is 529 g/mol. The Labute approximate surface area is 221 Å². The molecule has 2 aromatic rings. The summed E-state index contributed by atoms with van der Waals surface area (Å²) in [4.78, 5) is 28.8. The number of amides is 2. The van der Waals surface area contributed by atoms with Crippen molar-refractivity contribution in [3.63, 3.8) is 0 Å². The van der Waals surface area contributed by atoms with Gasteiger partial charge in [0.15, 0.2) is 0 Å². The smallest absolute Gasteiger partial charge is 0.244 e. The summed E-state index contributed by atoms with van der Waals surface area (Å²) in [5.41, 5.74) is 2.26. The Bertz CT molecular complexity index is 1160. The summed E-state index contributed by atoms with van der Waals surface area (Å²) in [7, 11) is -2.25. The number of rotatable bonds is 11. The summed E-state index contributed by atoms with van der Waals surface area (Å²) in [6, 6.07) is 13.6. The molecule has 0 aromatic heterocycles. The fourth-order valence-electron chi connectivity index (χ4n) is 4.80. The lowest BCUT2D eigenvalue weighted by Crippen LogP contribution is -2.54. The SMILES string of the molecule is CC[C@@H](C(=O)NC1CCCCC1)N(Cc1ccccc1C)C(=O)CN(c1ccc(OC)cc1)S(C)(=O)=O. The van der Waals surface area contributed by atoms with E-state index in [1.54, 1.807) is 24.3 Å². The molecule has 1 aliphatic rings. The molecule has 0 radical (unpaired) electrons. The Morgan fingerprint density at radius 3 is 2.27 bits per heavy atom. The van der Waals surface area contributed by atoms with Crippen molar-refractivity contribution in [2.75, 3.05) is 24.2 Å². The van der Waals surface area contributed by atoms with Gasteiger partial charge in [-0.3, -0.25) is 13.9 Å². The minimum absolute atomic E-state index is 0.109. The van der Waals surface area contributed by atoms with Crippen LogP contribution in [0.5, 0.6) is 5.75 Å². The average molecular weight is 530 g/mol. The number of ether oxygens (including phenoxy) is 1. The first-order chi connectivity index (χ1) is 17.6. The summed E-state index contributed by atoms with van der Waals surface area (Å²) in [5, 5.41) is 3.15. The zero-order valence-corrected chi connectivity index (χ0v) is 23.1. The van der Waals surface area contributed by atoms with Crippen LogP contribution in [0, 0.1) is 6.92 Å². The number of nitrogens with one attached hydrogen (secondary N) is 1. The molecule has 2 amide bonds. The minimum atomic E-state index is -3.78. The highest BCUT2D eigenvalue weighted by Crippen LogP contribution is 2.23. The van der Waals surface area contributed by atoms with Crippen molar-refractivity contribution in [1.82, 2.24) is 10.2 Å². The maximum Gasteiger partial charge on any atom is 0.244 e. The molecule has 1 saturated carbocycles. The van der Waals surface area contributed by atoms with E-state index in [1.807, 2.05) is 38.1 Å². The van der Waals surface area contributed by atoms with Crippen LogP contribution in [-0.2, 0) is 26.2 Å². The molecule has 1 atom stereocenters. The summed E-state index contributed by atoms with van der Waals surface area (Å²) >= 11 is 0. The highest BCUT2D eigenvalue weighted by molar-refractivity contribution is 7.92. The van der Waals surface area contributed by atoms with E-state index in [2.05, 4.69) is 5.32 Å². The van der Waals surface area contributed by atoms with Gasteiger partial charge < -0.3 is 15.0 Å². The van der Waals surface area contributed by atoms with Crippen molar-refractivity contribution in [1.29, 1.82) is 0 Å². The molecule has 8 nitrogen and oxygen atoms in total. The number of hydrogen-bond donors (Lipinski definition) is 1. The van der Waals surface area contributed by atoms with Gasteiger partial charge in [-0.1, -0.05) is 50.5 Å². The van der Waals surface area contributed by atoms with Crippen molar-refractivity contribution < 1.29 is 22.7 Å². The standard InChI is InChI=1S/C28H39N3O5S/c1-5-26(28(33)29-23-13-7-6-8-14-23)30(19-22-12-10-9-11-21(22)2)27(32)20-31(37(4,34)35)24-15-17-25(36-3)18-16-24/h9-12,15-18,23,26H,5-8,13-14,19-20H2,1-4H3,(H,29,33)/t26-/m0/s1. The van der Waals surface area contributed by atoms with Crippen LogP contribution in [-0.4, -0.2) is 57.1 Å². The largest absolute Gasteiger partial charge is 0.497 e. The van der Waals surface area contributed by atoms with Crippen LogP contribution in [0.1, 0.15) is 56.6 Å². The van der Waals surface area contributed by atoms with Crippen LogP contribution < -0.4 is 14.4 Å². The van der Waals surface area contributed by atoms with E-state index in [0.29, 0.717) is 17.9 Å². The Morgan fingerprint density at radius 1 is 1.05 bits per heavy atom. The van der Waals surface area contributed by atoms with E-state index in [4.69, 9.17) is 4.74 Å². The molecule has 0 saturated heterocycles. The molecule has 0 bridgehead atoms. The number of benzene rings is 2. The Hall–Kier alpha value is -3.07. The number of methoxy groups -OCH3 is 1. The third-order valence-corrected chi connectivity index (χ3v) is 8.12. The van der Waals surface area contributed by atoms with E-state index in [9.17, 15) is 18.0 Å². The van der Waals surface area contributed by atoms with Crippen LogP contribution in [0.2, 0.25) is 0 Å². The average Bonchev–Trinajstić information content (AvgIpc) is 2.88. The Morgan fingerprint density at radius 2 is 1.70 bits per heavy atom. The molecule has 0 aliphatic heterocycles. The minimum Gasteiger partial charge on any atom is -0.497 e. The number of nitrogens with zero attached hydrogens (tertiary/aromatic N) is 2. The molecule has 1 aliphatic carbocycles. The summed E-state index contributed by atoms with van der Waals surface area (Å²) in [6.45, 7) is 3.63. The number of carbonyl (C=O) groups is 2. The maximum atomic E-state index is 13.8. The predicted octanol–water partition coefficient (Wildman–Crippen LogP) is 4.03. The van der Waals surface area contributed by atoms with Gasteiger partial charge in [0, 0.05) is 12.6 Å². The van der Waals surface area contributed by atoms with Crippen molar-refractivity contribution in [3.8, 4) is 5.75 Å². The fourth-order valence-corrected chi connectivity index (χ4v) is 5.65. The molecule has 3 rings (SSSR count). The Kier molecular flexibility index (Phi) is 9.97. The van der Waals surface area contributed by atoms with Crippen LogP contribution in [0.15, 0.2) is 48.5 Å². The number of aryl methyl sites for hydroxylation is 1. The highest BCUT2D eigenvalue weighted by Gasteiger charge is 2.33. The molecule has 2 aromatic carbocycles. The number of anilines is 1. The van der Waals surface area contributed by atoms with Gasteiger partial charge in [-0.15, -0.1) is 0 Å². The second-order valence-corrected chi connectivity index (χ2v) is 11.6. The van der Waals surface area contributed by atoms with Crippen molar-refractivity contribution in [2.45, 2.75) is 71.0 Å². The van der Waals surface area contributed by atoms with Gasteiger partial charge >= 0.3 is 0 Å². The van der Waals surface area contributed by atoms with E-state index in [1.165, 1.54) is 18.4 Å². The van der Waals surface area contributed by atoms with Crippen LogP contribution in [0.4, 0.5) is 5.69 Å². The molecule has 0 unspecified atom stereocenters. The second kappa shape index (κ2) is 12.9. The lowest BCUT2D eigenvalue weighted by molar-refractivity contribution is -0.140. The normalized spacial score (nSPS) is 15.0. The number of carbonyl (C=O) groups excluding carboxylic acids is 2. The lowest BCUT2D eigenvalue weighted by Gasteiger charge is -2.34. The fraction of sp³-hybridized carbons (Fsp3) is 0.500. The zero-order valence-electron chi connectivity index (χ0n) is 22.3. The lowest BCUT2D eigenvalue weighted by atomic mass is 9.95. The molecule has 1 N–H and O–H groups in total. The second-order valence-electron chi connectivity index (χ2n) is 9.68. The first-order valence-electron chi connectivity index (χ1n) is 12.9. The van der Waals surface area contributed by atoms with E-state index in [-0.39, 0.29) is 18.5 Å². The van der Waals surface area contributed by atoms with Crippen molar-refractivity contribution >= 4 is 27.5 Å². The van der Waals surface area contributed by atoms with E-state index < -0.39 is 28.5 Å². The van der Waals surface area contributed by atoms with Gasteiger partial charge in [0.2, 0.25) is 21.8 Å². The molecule has 37 heavy (non-hydrogen) atoms. The van der Waals surface area contributed by atoms with Crippen molar-refractivity contribution in [2.24, 2.45) is 0 Å². The maximum absolute atomic E-state index is 13.8. The Balaban J connectivity index is 1.91. The molecule has 1 fully saturated rings. The van der Waals surface area contributed by atoms with E-state index >= 15 is 0 Å². The summed E-state index contributed by atoms with van der Waals surface area (Å²) < 4.78 is 31.7. The van der Waals surface area contributed by atoms with Crippen LogP contribution in [0.3, 0.4) is 0 Å². The third kappa shape index (κ3) is 7.71. The highest BCUT2D eigenvalue weighted by atomic mass is 32.2. The van der Waals surface area contributed by atoms with Gasteiger partial charge in [-0.05, 0) is 61.6 Å². The molecule has 9 heteroatoms. The van der Waals surface area contributed by atoms with E-state index in [0.717, 1.165) is 47.4 Å². The van der Waals surface area contributed by atoms with Gasteiger partial charge in [-0.2, -0.15) is 0 Å². The van der Waals surface area contributed by atoms with Crippen LogP contribution in [0.25, 0.3) is 0 Å². The summed E-state index contributed by atoms with van der Waals surface area (Å²) in [5.74, 6) is -0.0445. The molecule has 0 heterocycles. The quantitative estimate of drug-likeness (QED) is 0.474. The zero-order chi connectivity index (χ0) is 27.0. The first kappa shape index (κ1) is 28.5.